The van der Waals surface area contributed by atoms with Gasteiger partial charge in [0.2, 0.25) is 0 Å². The van der Waals surface area contributed by atoms with Crippen LogP contribution < -0.4 is 4.74 Å². The molecule has 25 heavy (non-hydrogen) atoms. The van der Waals surface area contributed by atoms with Crippen LogP contribution in [0.4, 0.5) is 0 Å². The van der Waals surface area contributed by atoms with Crippen LogP contribution in [0.2, 0.25) is 0 Å². The number of hydrogen-bond acceptors (Lipinski definition) is 3. The summed E-state index contributed by atoms with van der Waals surface area (Å²) in [5, 5.41) is 2.27. The molecule has 0 aliphatic carbocycles. The van der Waals surface area contributed by atoms with Gasteiger partial charge >= 0.3 is 0 Å². The Morgan fingerprint density at radius 1 is 1.12 bits per heavy atom. The number of piperidine rings is 1. The third kappa shape index (κ3) is 5.08. The molecule has 1 aromatic carbocycles. The van der Waals surface area contributed by atoms with Crippen molar-refractivity contribution in [1.82, 2.24) is 5.06 Å². The van der Waals surface area contributed by atoms with E-state index in [0.717, 1.165) is 25.0 Å². The summed E-state index contributed by atoms with van der Waals surface area (Å²) in [5.41, 5.74) is 1.30. The maximum atomic E-state index is 6.69. The lowest BCUT2D eigenvalue weighted by molar-refractivity contribution is -0.308. The molecule has 2 rings (SSSR count). The second-order valence-electron chi connectivity index (χ2n) is 8.36. The Labute approximate surface area is 154 Å². The van der Waals surface area contributed by atoms with Gasteiger partial charge in [-0.3, -0.25) is 4.84 Å². The van der Waals surface area contributed by atoms with Crippen LogP contribution in [0.25, 0.3) is 0 Å². The smallest absolute Gasteiger partial charge is 0.118 e. The number of hydrogen-bond donors (Lipinski definition) is 0. The Morgan fingerprint density at radius 2 is 1.72 bits per heavy atom. The highest BCUT2D eigenvalue weighted by molar-refractivity contribution is 5.28. The zero-order valence-electron chi connectivity index (χ0n) is 16.7. The average molecular weight is 346 g/mol. The van der Waals surface area contributed by atoms with Crippen LogP contribution in [0.5, 0.6) is 5.75 Å². The lowest BCUT2D eigenvalue weighted by atomic mass is 9.82. The minimum Gasteiger partial charge on any atom is -0.497 e. The number of ether oxygens (including phenoxy) is 1. The molecule has 0 aromatic heterocycles. The van der Waals surface area contributed by atoms with E-state index in [1.54, 1.807) is 7.11 Å². The van der Waals surface area contributed by atoms with Gasteiger partial charge in [0, 0.05) is 11.1 Å². The number of hydroxylamine groups is 2. The second-order valence-corrected chi connectivity index (χ2v) is 8.36. The van der Waals surface area contributed by atoms with E-state index in [2.05, 4.69) is 51.5 Å². The van der Waals surface area contributed by atoms with Crippen LogP contribution >= 0.6 is 0 Å². The number of benzene rings is 1. The molecule has 0 spiro atoms. The first-order valence-corrected chi connectivity index (χ1v) is 9.52. The summed E-state index contributed by atoms with van der Waals surface area (Å²) in [7, 11) is 1.70. The Balaban J connectivity index is 2.22. The van der Waals surface area contributed by atoms with Crippen molar-refractivity contribution in [1.29, 1.82) is 0 Å². The molecular formula is C22H35NO2. The fourth-order valence-corrected chi connectivity index (χ4v) is 3.94. The Kier molecular flexibility index (Phi) is 6.70. The summed E-state index contributed by atoms with van der Waals surface area (Å²) in [5.74, 6) is 0.882. The van der Waals surface area contributed by atoms with Gasteiger partial charge in [-0.1, -0.05) is 18.2 Å². The number of allylic oxidation sites excluding steroid dienone is 1. The molecule has 1 unspecified atom stereocenters. The highest BCUT2D eigenvalue weighted by Crippen LogP contribution is 2.41. The summed E-state index contributed by atoms with van der Waals surface area (Å²) >= 11 is 0. The van der Waals surface area contributed by atoms with Crippen molar-refractivity contribution >= 4 is 0 Å². The fourth-order valence-electron chi connectivity index (χ4n) is 3.94. The van der Waals surface area contributed by atoms with Gasteiger partial charge in [0.25, 0.3) is 0 Å². The summed E-state index contributed by atoms with van der Waals surface area (Å²) in [4.78, 5) is 6.69. The Morgan fingerprint density at radius 3 is 2.24 bits per heavy atom. The quantitative estimate of drug-likeness (QED) is 0.422. The van der Waals surface area contributed by atoms with Crippen molar-refractivity contribution in [3.8, 4) is 5.75 Å². The van der Waals surface area contributed by atoms with Crippen LogP contribution in [0.15, 0.2) is 36.9 Å². The molecule has 3 heteroatoms. The molecule has 1 atom stereocenters. The predicted octanol–water partition coefficient (Wildman–Crippen LogP) is 6.07. The first kappa shape index (κ1) is 20.0. The highest BCUT2D eigenvalue weighted by Gasteiger charge is 2.43. The maximum Gasteiger partial charge on any atom is 0.118 e. The third-order valence-corrected chi connectivity index (χ3v) is 5.27. The standard InChI is InChI=1S/C22H35NO2/c1-7-8-9-11-20(18-12-14-19(24-6)15-13-18)25-23-21(2,3)16-10-17-22(23,4)5/h7,12-15,20H,1,8-11,16-17H2,2-6H3. The van der Waals surface area contributed by atoms with Gasteiger partial charge in [0.05, 0.1) is 7.11 Å². The maximum absolute atomic E-state index is 6.69. The third-order valence-electron chi connectivity index (χ3n) is 5.27. The molecule has 0 radical (unpaired) electrons. The molecule has 0 bridgehead atoms. The fraction of sp³-hybridized carbons (Fsp3) is 0.636. The lowest BCUT2D eigenvalue weighted by Gasteiger charge is -2.52. The molecule has 1 fully saturated rings. The van der Waals surface area contributed by atoms with Crippen LogP contribution in [0.3, 0.4) is 0 Å². The highest BCUT2D eigenvalue weighted by atomic mass is 16.7. The van der Waals surface area contributed by atoms with Gasteiger partial charge in [-0.15, -0.1) is 6.58 Å². The zero-order chi connectivity index (χ0) is 18.5. The van der Waals surface area contributed by atoms with Crippen molar-refractivity contribution in [2.24, 2.45) is 0 Å². The van der Waals surface area contributed by atoms with E-state index in [-0.39, 0.29) is 17.2 Å². The molecule has 0 N–H and O–H groups in total. The van der Waals surface area contributed by atoms with Gasteiger partial charge in [0.15, 0.2) is 0 Å². The van der Waals surface area contributed by atoms with Crippen molar-refractivity contribution in [3.05, 3.63) is 42.5 Å². The number of nitrogens with zero attached hydrogens (tertiary/aromatic N) is 1. The first-order valence-electron chi connectivity index (χ1n) is 9.52. The zero-order valence-corrected chi connectivity index (χ0v) is 16.7. The molecule has 0 amide bonds. The van der Waals surface area contributed by atoms with Crippen LogP contribution in [-0.4, -0.2) is 23.3 Å². The molecule has 1 heterocycles. The minimum atomic E-state index is 0.0465. The van der Waals surface area contributed by atoms with E-state index in [4.69, 9.17) is 9.57 Å². The van der Waals surface area contributed by atoms with Crippen LogP contribution in [-0.2, 0) is 4.84 Å². The van der Waals surface area contributed by atoms with E-state index in [0.29, 0.717) is 0 Å². The Bertz CT molecular complexity index is 532. The van der Waals surface area contributed by atoms with Crippen LogP contribution in [0.1, 0.15) is 77.9 Å². The summed E-state index contributed by atoms with van der Waals surface area (Å²) in [6.45, 7) is 13.0. The van der Waals surface area contributed by atoms with Crippen molar-refractivity contribution in [3.63, 3.8) is 0 Å². The molecule has 1 saturated heterocycles. The van der Waals surface area contributed by atoms with Crippen molar-refractivity contribution in [2.45, 2.75) is 83.4 Å². The van der Waals surface area contributed by atoms with E-state index in [9.17, 15) is 0 Å². The molecule has 1 aromatic rings. The van der Waals surface area contributed by atoms with Crippen molar-refractivity contribution in [2.75, 3.05) is 7.11 Å². The minimum absolute atomic E-state index is 0.0465. The van der Waals surface area contributed by atoms with E-state index >= 15 is 0 Å². The van der Waals surface area contributed by atoms with Gasteiger partial charge in [-0.25, -0.2) is 0 Å². The molecule has 1 aliphatic heterocycles. The molecular weight excluding hydrogens is 310 g/mol. The summed E-state index contributed by atoms with van der Waals surface area (Å²) < 4.78 is 5.30. The van der Waals surface area contributed by atoms with E-state index in [1.165, 1.54) is 24.8 Å². The van der Waals surface area contributed by atoms with Gasteiger partial charge < -0.3 is 4.74 Å². The number of unbranched alkanes of at least 4 members (excludes halogenated alkanes) is 1. The Hall–Kier alpha value is -1.32. The summed E-state index contributed by atoms with van der Waals surface area (Å²) in [6.07, 6.45) is 8.71. The van der Waals surface area contributed by atoms with E-state index in [1.807, 2.05) is 18.2 Å². The number of methoxy groups -OCH3 is 1. The average Bonchev–Trinajstić information content (AvgIpc) is 2.56. The monoisotopic (exact) mass is 345 g/mol. The normalized spacial score (nSPS) is 20.8. The number of rotatable bonds is 8. The second kappa shape index (κ2) is 8.37. The van der Waals surface area contributed by atoms with Crippen molar-refractivity contribution < 1.29 is 9.57 Å². The first-order chi connectivity index (χ1) is 11.8. The van der Waals surface area contributed by atoms with Crippen LogP contribution in [0, 0.1) is 0 Å². The lowest BCUT2D eigenvalue weighted by Crippen LogP contribution is -2.58. The predicted molar refractivity (Wildman–Crippen MR) is 105 cm³/mol. The molecule has 1 aliphatic rings. The molecule has 3 nitrogen and oxygen atoms in total. The summed E-state index contributed by atoms with van der Waals surface area (Å²) in [6, 6.07) is 8.29. The largest absolute Gasteiger partial charge is 0.497 e. The van der Waals surface area contributed by atoms with E-state index < -0.39 is 0 Å². The van der Waals surface area contributed by atoms with Gasteiger partial charge in [-0.05, 0) is 83.9 Å². The van der Waals surface area contributed by atoms with Gasteiger partial charge in [-0.2, -0.15) is 5.06 Å². The topological polar surface area (TPSA) is 21.7 Å². The SMILES string of the molecule is C=CCCCC(ON1C(C)(C)CCCC1(C)C)c1ccc(OC)cc1. The van der Waals surface area contributed by atoms with Gasteiger partial charge in [0.1, 0.15) is 11.9 Å². The molecule has 140 valence electrons. The molecule has 0 saturated carbocycles.